The molecular formula is C25H21ClFN3O3. The first-order valence-electron chi connectivity index (χ1n) is 10.2. The highest BCUT2D eigenvalue weighted by Crippen LogP contribution is 2.29. The fraction of sp³-hybridized carbons (Fsp3) is 0.160. The van der Waals surface area contributed by atoms with E-state index >= 15 is 0 Å². The summed E-state index contributed by atoms with van der Waals surface area (Å²) in [6.07, 6.45) is 1.68. The van der Waals surface area contributed by atoms with Gasteiger partial charge in [0.2, 0.25) is 0 Å². The minimum absolute atomic E-state index is 0.131. The number of rotatable bonds is 5. The number of aromatic nitrogens is 2. The summed E-state index contributed by atoms with van der Waals surface area (Å²) in [5, 5.41) is 13.0. The molecule has 33 heavy (non-hydrogen) atoms. The summed E-state index contributed by atoms with van der Waals surface area (Å²) in [6, 6.07) is 12.3. The summed E-state index contributed by atoms with van der Waals surface area (Å²) < 4.78 is 16.1. The Kier molecular flexibility index (Phi) is 5.91. The molecule has 8 heteroatoms. The molecule has 4 rings (SSSR count). The number of hydrogen-bond donors (Lipinski definition) is 2. The van der Waals surface area contributed by atoms with E-state index in [2.05, 4.69) is 10.3 Å². The number of nitrogens with one attached hydrogen (secondary N) is 1. The largest absolute Gasteiger partial charge is 0.478 e. The van der Waals surface area contributed by atoms with E-state index in [1.54, 1.807) is 37.4 Å². The Bertz CT molecular complexity index is 1470. The average Bonchev–Trinajstić information content (AvgIpc) is 2.76. The van der Waals surface area contributed by atoms with E-state index in [-0.39, 0.29) is 27.4 Å². The second kappa shape index (κ2) is 8.67. The molecule has 0 saturated carbocycles. The van der Waals surface area contributed by atoms with E-state index < -0.39 is 17.8 Å². The molecule has 0 unspecified atom stereocenters. The maximum absolute atomic E-state index is 14.7. The number of pyridine rings is 1. The van der Waals surface area contributed by atoms with Crippen molar-refractivity contribution in [3.8, 4) is 11.3 Å². The van der Waals surface area contributed by atoms with Crippen LogP contribution in [0.25, 0.3) is 16.9 Å². The van der Waals surface area contributed by atoms with Gasteiger partial charge in [0.15, 0.2) is 0 Å². The van der Waals surface area contributed by atoms with E-state index in [0.717, 1.165) is 5.56 Å². The van der Waals surface area contributed by atoms with Gasteiger partial charge in [0, 0.05) is 33.6 Å². The van der Waals surface area contributed by atoms with Crippen LogP contribution in [0.4, 0.5) is 10.1 Å². The Balaban J connectivity index is 1.91. The van der Waals surface area contributed by atoms with E-state index in [0.29, 0.717) is 22.5 Å². The summed E-state index contributed by atoms with van der Waals surface area (Å²) in [7, 11) is 0. The van der Waals surface area contributed by atoms with Gasteiger partial charge in [-0.2, -0.15) is 0 Å². The van der Waals surface area contributed by atoms with Crippen LogP contribution in [0.15, 0.2) is 59.5 Å². The summed E-state index contributed by atoms with van der Waals surface area (Å²) in [6.45, 7) is 5.31. The zero-order valence-electron chi connectivity index (χ0n) is 18.2. The fourth-order valence-corrected chi connectivity index (χ4v) is 4.02. The SMILES string of the molecule is Cc1cc([C@@H](C)Nc2ccccc2C(=O)O)c2nc(-c3ccc(Cl)cc3F)c(C)c(=O)n2c1. The molecule has 0 spiro atoms. The molecular weight excluding hydrogens is 445 g/mol. The van der Waals surface area contributed by atoms with Gasteiger partial charge in [0.25, 0.3) is 5.56 Å². The van der Waals surface area contributed by atoms with Crippen molar-refractivity contribution < 1.29 is 14.3 Å². The quantitative estimate of drug-likeness (QED) is 0.398. The number of aryl methyl sites for hydroxylation is 1. The van der Waals surface area contributed by atoms with Crippen molar-refractivity contribution in [1.82, 2.24) is 9.38 Å². The Morgan fingerprint density at radius 1 is 1.18 bits per heavy atom. The molecule has 0 bridgehead atoms. The lowest BCUT2D eigenvalue weighted by atomic mass is 10.0. The standard InChI is InChI=1S/C25H21ClFN3O3/c1-13-10-19(15(3)28-21-7-5-4-6-18(21)25(32)33)23-29-22(14(2)24(31)30(23)12-13)17-9-8-16(26)11-20(17)27/h4-12,15,28H,1-3H3,(H,32,33)/t15-/m1/s1. The van der Waals surface area contributed by atoms with E-state index in [1.807, 2.05) is 19.9 Å². The smallest absolute Gasteiger partial charge is 0.337 e. The molecule has 0 amide bonds. The van der Waals surface area contributed by atoms with Gasteiger partial charge in [-0.1, -0.05) is 23.7 Å². The average molecular weight is 466 g/mol. The summed E-state index contributed by atoms with van der Waals surface area (Å²) in [4.78, 5) is 29.5. The van der Waals surface area contributed by atoms with Crippen LogP contribution in [0.1, 0.15) is 40.0 Å². The van der Waals surface area contributed by atoms with Crippen LogP contribution >= 0.6 is 11.6 Å². The molecule has 2 N–H and O–H groups in total. The molecule has 0 aliphatic rings. The van der Waals surface area contributed by atoms with Crippen LogP contribution in [-0.4, -0.2) is 20.5 Å². The topological polar surface area (TPSA) is 83.7 Å². The number of para-hydroxylation sites is 1. The second-order valence-corrected chi connectivity index (χ2v) is 8.33. The van der Waals surface area contributed by atoms with Crippen molar-refractivity contribution in [3.63, 3.8) is 0 Å². The van der Waals surface area contributed by atoms with Crippen molar-refractivity contribution in [1.29, 1.82) is 0 Å². The summed E-state index contributed by atoms with van der Waals surface area (Å²) in [5.74, 6) is -1.62. The molecule has 2 aromatic heterocycles. The molecule has 2 aromatic carbocycles. The number of aromatic carboxylic acids is 1. The first-order chi connectivity index (χ1) is 15.7. The first kappa shape index (κ1) is 22.5. The Morgan fingerprint density at radius 2 is 1.91 bits per heavy atom. The highest BCUT2D eigenvalue weighted by molar-refractivity contribution is 6.30. The second-order valence-electron chi connectivity index (χ2n) is 7.90. The van der Waals surface area contributed by atoms with Crippen LogP contribution in [0.2, 0.25) is 5.02 Å². The molecule has 0 aliphatic heterocycles. The normalized spacial score (nSPS) is 12.0. The van der Waals surface area contributed by atoms with Crippen molar-refractivity contribution in [2.24, 2.45) is 0 Å². The van der Waals surface area contributed by atoms with Gasteiger partial charge in [0.05, 0.1) is 17.3 Å². The van der Waals surface area contributed by atoms with Gasteiger partial charge in [0.1, 0.15) is 11.5 Å². The number of carboxylic acids is 1. The van der Waals surface area contributed by atoms with Crippen molar-refractivity contribution >= 4 is 28.9 Å². The third kappa shape index (κ3) is 4.19. The van der Waals surface area contributed by atoms with Gasteiger partial charge >= 0.3 is 5.97 Å². The van der Waals surface area contributed by atoms with E-state index in [1.165, 1.54) is 22.6 Å². The molecule has 4 aromatic rings. The zero-order valence-corrected chi connectivity index (χ0v) is 18.9. The fourth-order valence-electron chi connectivity index (χ4n) is 3.86. The zero-order chi connectivity index (χ0) is 23.9. The molecule has 0 aliphatic carbocycles. The molecule has 0 radical (unpaired) electrons. The van der Waals surface area contributed by atoms with Gasteiger partial charge in [-0.15, -0.1) is 0 Å². The van der Waals surface area contributed by atoms with Crippen molar-refractivity contribution in [2.75, 3.05) is 5.32 Å². The lowest BCUT2D eigenvalue weighted by molar-refractivity contribution is 0.0698. The van der Waals surface area contributed by atoms with Crippen LogP contribution in [0.5, 0.6) is 0 Å². The van der Waals surface area contributed by atoms with Crippen molar-refractivity contribution in [2.45, 2.75) is 26.8 Å². The Labute approximate surface area is 194 Å². The van der Waals surface area contributed by atoms with Gasteiger partial charge in [-0.3, -0.25) is 9.20 Å². The summed E-state index contributed by atoms with van der Waals surface area (Å²) >= 11 is 5.89. The number of carboxylic acid groups (broad SMARTS) is 1. The molecule has 0 fully saturated rings. The molecule has 6 nitrogen and oxygen atoms in total. The highest BCUT2D eigenvalue weighted by atomic mass is 35.5. The van der Waals surface area contributed by atoms with Gasteiger partial charge in [-0.25, -0.2) is 14.2 Å². The molecule has 2 heterocycles. The van der Waals surface area contributed by atoms with Gasteiger partial charge < -0.3 is 10.4 Å². The molecule has 1 atom stereocenters. The number of halogens is 2. The van der Waals surface area contributed by atoms with Crippen LogP contribution in [0.3, 0.4) is 0 Å². The predicted molar refractivity (Wildman–Crippen MR) is 127 cm³/mol. The number of fused-ring (bicyclic) bond motifs is 1. The number of nitrogens with zero attached hydrogens (tertiary/aromatic N) is 2. The number of benzene rings is 2. The minimum Gasteiger partial charge on any atom is -0.478 e. The molecule has 0 saturated heterocycles. The number of carbonyl (C=O) groups is 1. The summed E-state index contributed by atoms with van der Waals surface area (Å²) in [5.41, 5.74) is 2.83. The monoisotopic (exact) mass is 465 g/mol. The predicted octanol–water partition coefficient (Wildman–Crippen LogP) is 5.64. The third-order valence-corrected chi connectivity index (χ3v) is 5.73. The lowest BCUT2D eigenvalue weighted by Crippen LogP contribution is -2.22. The molecule has 168 valence electrons. The van der Waals surface area contributed by atoms with Crippen LogP contribution in [-0.2, 0) is 0 Å². The van der Waals surface area contributed by atoms with Crippen molar-refractivity contribution in [3.05, 3.63) is 98.2 Å². The van der Waals surface area contributed by atoms with Gasteiger partial charge in [-0.05, 0) is 62.7 Å². The highest BCUT2D eigenvalue weighted by Gasteiger charge is 2.20. The Morgan fingerprint density at radius 3 is 2.61 bits per heavy atom. The maximum atomic E-state index is 14.7. The van der Waals surface area contributed by atoms with Crippen LogP contribution < -0.4 is 10.9 Å². The number of hydrogen-bond acceptors (Lipinski definition) is 4. The minimum atomic E-state index is -1.05. The maximum Gasteiger partial charge on any atom is 0.337 e. The van der Waals surface area contributed by atoms with E-state index in [4.69, 9.17) is 11.6 Å². The third-order valence-electron chi connectivity index (χ3n) is 5.50. The first-order valence-corrected chi connectivity index (χ1v) is 10.6. The Hall–Kier alpha value is -3.71. The number of anilines is 1. The van der Waals surface area contributed by atoms with Crippen LogP contribution in [0, 0.1) is 19.7 Å². The van der Waals surface area contributed by atoms with E-state index in [9.17, 15) is 19.1 Å². The lowest BCUT2D eigenvalue weighted by Gasteiger charge is -2.20.